The quantitative estimate of drug-likeness (QED) is 0.182. The molecule has 0 radical (unpaired) electrons. The third kappa shape index (κ3) is 5.61. The maximum absolute atomic E-state index is 5.20. The standard InChI is InChI=1S/C47H31N3/c1-3-16-41-34(9-1)11-6-18-42(41)36-24-26-37(27-25-36)47-49-45(30-46(50-47)44-19-7-12-35-10-2-4-17-43(35)44)39-14-5-13-38(29-39)32-20-22-33(23-21-32)40-15-8-28-48-31-40/h1-31H. The molecule has 7 aromatic carbocycles. The highest BCUT2D eigenvalue weighted by Gasteiger charge is 2.14. The van der Waals surface area contributed by atoms with Gasteiger partial charge in [-0.05, 0) is 73.1 Å². The highest BCUT2D eigenvalue weighted by atomic mass is 14.9. The molecule has 0 saturated heterocycles. The Balaban J connectivity index is 1.14. The predicted molar refractivity (Wildman–Crippen MR) is 207 cm³/mol. The molecule has 50 heavy (non-hydrogen) atoms. The number of aromatic nitrogens is 3. The zero-order valence-corrected chi connectivity index (χ0v) is 27.2. The van der Waals surface area contributed by atoms with E-state index in [2.05, 4.69) is 175 Å². The lowest BCUT2D eigenvalue weighted by molar-refractivity contribution is 1.18. The first-order chi connectivity index (χ1) is 24.8. The number of fused-ring (bicyclic) bond motifs is 2. The van der Waals surface area contributed by atoms with Crippen LogP contribution < -0.4 is 0 Å². The van der Waals surface area contributed by atoms with Crippen LogP contribution in [0.2, 0.25) is 0 Å². The van der Waals surface area contributed by atoms with Crippen LogP contribution in [0.5, 0.6) is 0 Å². The van der Waals surface area contributed by atoms with Crippen LogP contribution in [0.25, 0.3) is 88.8 Å². The van der Waals surface area contributed by atoms with Crippen molar-refractivity contribution in [3.05, 3.63) is 188 Å². The fourth-order valence-electron chi connectivity index (χ4n) is 6.83. The van der Waals surface area contributed by atoms with Crippen LogP contribution in [-0.2, 0) is 0 Å². The van der Waals surface area contributed by atoms with Gasteiger partial charge in [-0.2, -0.15) is 0 Å². The van der Waals surface area contributed by atoms with E-state index in [0.717, 1.165) is 50.3 Å². The minimum absolute atomic E-state index is 0.695. The molecule has 2 heterocycles. The summed E-state index contributed by atoms with van der Waals surface area (Å²) in [5.41, 5.74) is 11.8. The normalized spacial score (nSPS) is 11.2. The van der Waals surface area contributed by atoms with E-state index >= 15 is 0 Å². The lowest BCUT2D eigenvalue weighted by Crippen LogP contribution is -1.96. The predicted octanol–water partition coefficient (Wildman–Crippen LogP) is 12.2. The van der Waals surface area contributed by atoms with Crippen LogP contribution in [0.4, 0.5) is 0 Å². The van der Waals surface area contributed by atoms with Crippen molar-refractivity contribution in [2.75, 3.05) is 0 Å². The van der Waals surface area contributed by atoms with Gasteiger partial charge in [-0.25, -0.2) is 9.97 Å². The number of pyridine rings is 1. The molecule has 0 spiro atoms. The van der Waals surface area contributed by atoms with Gasteiger partial charge in [-0.3, -0.25) is 4.98 Å². The van der Waals surface area contributed by atoms with Crippen LogP contribution >= 0.6 is 0 Å². The fourth-order valence-corrected chi connectivity index (χ4v) is 6.83. The summed E-state index contributed by atoms with van der Waals surface area (Å²) in [5, 5.41) is 4.82. The number of nitrogens with zero attached hydrogens (tertiary/aromatic N) is 3. The molecule has 9 aromatic rings. The van der Waals surface area contributed by atoms with Gasteiger partial charge in [0.1, 0.15) is 0 Å². The highest BCUT2D eigenvalue weighted by Crippen LogP contribution is 2.35. The van der Waals surface area contributed by atoms with Gasteiger partial charge in [0, 0.05) is 29.1 Å². The van der Waals surface area contributed by atoms with Gasteiger partial charge < -0.3 is 0 Å². The molecular formula is C47H31N3. The van der Waals surface area contributed by atoms with Crippen molar-refractivity contribution in [2.45, 2.75) is 0 Å². The third-order valence-electron chi connectivity index (χ3n) is 9.41. The highest BCUT2D eigenvalue weighted by molar-refractivity contribution is 5.98. The molecule has 3 heteroatoms. The smallest absolute Gasteiger partial charge is 0.160 e. The number of rotatable bonds is 6. The summed E-state index contributed by atoms with van der Waals surface area (Å²) >= 11 is 0. The first-order valence-electron chi connectivity index (χ1n) is 16.8. The van der Waals surface area contributed by atoms with Crippen LogP contribution in [0.1, 0.15) is 0 Å². The van der Waals surface area contributed by atoms with E-state index in [9.17, 15) is 0 Å². The third-order valence-corrected chi connectivity index (χ3v) is 9.41. The monoisotopic (exact) mass is 637 g/mol. The van der Waals surface area contributed by atoms with Crippen LogP contribution in [0.3, 0.4) is 0 Å². The Morgan fingerprint density at radius 1 is 0.320 bits per heavy atom. The minimum Gasteiger partial charge on any atom is -0.264 e. The van der Waals surface area contributed by atoms with Crippen molar-refractivity contribution in [1.82, 2.24) is 15.0 Å². The Morgan fingerprint density at radius 2 is 0.860 bits per heavy atom. The molecule has 0 aliphatic rings. The summed E-state index contributed by atoms with van der Waals surface area (Å²) in [6, 6.07) is 62.0. The van der Waals surface area contributed by atoms with Crippen molar-refractivity contribution >= 4 is 21.5 Å². The maximum Gasteiger partial charge on any atom is 0.160 e. The van der Waals surface area contributed by atoms with E-state index in [4.69, 9.17) is 9.97 Å². The summed E-state index contributed by atoms with van der Waals surface area (Å²) in [6.07, 6.45) is 3.70. The van der Waals surface area contributed by atoms with E-state index in [0.29, 0.717) is 5.82 Å². The molecule has 0 fully saturated rings. The van der Waals surface area contributed by atoms with Crippen molar-refractivity contribution in [2.24, 2.45) is 0 Å². The van der Waals surface area contributed by atoms with E-state index in [-0.39, 0.29) is 0 Å². The van der Waals surface area contributed by atoms with Gasteiger partial charge in [-0.1, -0.05) is 158 Å². The van der Waals surface area contributed by atoms with E-state index < -0.39 is 0 Å². The number of benzene rings is 7. The second kappa shape index (κ2) is 12.7. The molecule has 2 aromatic heterocycles. The molecule has 0 saturated carbocycles. The topological polar surface area (TPSA) is 38.7 Å². The molecule has 234 valence electrons. The lowest BCUT2D eigenvalue weighted by atomic mass is 9.97. The Morgan fingerprint density at radius 3 is 1.58 bits per heavy atom. The first kappa shape index (κ1) is 29.4. The Bertz CT molecular complexity index is 2620. The zero-order chi connectivity index (χ0) is 33.3. The van der Waals surface area contributed by atoms with Crippen molar-refractivity contribution < 1.29 is 0 Å². The minimum atomic E-state index is 0.695. The van der Waals surface area contributed by atoms with E-state index in [1.165, 1.54) is 32.7 Å². The van der Waals surface area contributed by atoms with Crippen molar-refractivity contribution in [3.8, 4) is 67.3 Å². The average molecular weight is 638 g/mol. The number of hydrogen-bond acceptors (Lipinski definition) is 3. The Kier molecular flexibility index (Phi) is 7.49. The van der Waals surface area contributed by atoms with Gasteiger partial charge >= 0.3 is 0 Å². The molecule has 0 aliphatic heterocycles. The van der Waals surface area contributed by atoms with Gasteiger partial charge in [-0.15, -0.1) is 0 Å². The second-order valence-corrected chi connectivity index (χ2v) is 12.5. The van der Waals surface area contributed by atoms with E-state index in [1.807, 2.05) is 12.3 Å². The molecule has 0 atom stereocenters. The lowest BCUT2D eigenvalue weighted by Gasteiger charge is -2.13. The summed E-state index contributed by atoms with van der Waals surface area (Å²) in [7, 11) is 0. The summed E-state index contributed by atoms with van der Waals surface area (Å²) in [4.78, 5) is 14.7. The van der Waals surface area contributed by atoms with Gasteiger partial charge in [0.2, 0.25) is 0 Å². The molecule has 3 nitrogen and oxygen atoms in total. The molecule has 0 unspecified atom stereocenters. The summed E-state index contributed by atoms with van der Waals surface area (Å²) in [6.45, 7) is 0. The van der Waals surface area contributed by atoms with Crippen LogP contribution in [0, 0.1) is 0 Å². The molecular weight excluding hydrogens is 607 g/mol. The van der Waals surface area contributed by atoms with Crippen molar-refractivity contribution in [1.29, 1.82) is 0 Å². The summed E-state index contributed by atoms with van der Waals surface area (Å²) < 4.78 is 0. The van der Waals surface area contributed by atoms with Gasteiger partial charge in [0.15, 0.2) is 5.82 Å². The first-order valence-corrected chi connectivity index (χ1v) is 16.8. The maximum atomic E-state index is 5.20. The Hall–Kier alpha value is -6.71. The summed E-state index contributed by atoms with van der Waals surface area (Å²) in [5.74, 6) is 0.695. The fraction of sp³-hybridized carbons (Fsp3) is 0. The van der Waals surface area contributed by atoms with Gasteiger partial charge in [0.05, 0.1) is 11.4 Å². The van der Waals surface area contributed by atoms with Crippen molar-refractivity contribution in [3.63, 3.8) is 0 Å². The second-order valence-electron chi connectivity index (χ2n) is 12.5. The zero-order valence-electron chi connectivity index (χ0n) is 27.2. The number of hydrogen-bond donors (Lipinski definition) is 0. The Labute approximate surface area is 291 Å². The largest absolute Gasteiger partial charge is 0.264 e. The van der Waals surface area contributed by atoms with Crippen LogP contribution in [0.15, 0.2) is 188 Å². The van der Waals surface area contributed by atoms with Gasteiger partial charge in [0.25, 0.3) is 0 Å². The average Bonchev–Trinajstić information content (AvgIpc) is 3.21. The molecule has 0 amide bonds. The van der Waals surface area contributed by atoms with Crippen LogP contribution in [-0.4, -0.2) is 15.0 Å². The molecule has 0 bridgehead atoms. The molecule has 9 rings (SSSR count). The molecule has 0 aliphatic carbocycles. The van der Waals surface area contributed by atoms with E-state index in [1.54, 1.807) is 6.20 Å². The SMILES string of the molecule is c1cncc(-c2ccc(-c3cccc(-c4cc(-c5cccc6ccccc56)nc(-c5ccc(-c6cccc7ccccc67)cc5)n4)c3)cc2)c1. The molecule has 0 N–H and O–H groups in total.